The summed E-state index contributed by atoms with van der Waals surface area (Å²) in [4.78, 5) is 4.47. The highest BCUT2D eigenvalue weighted by Gasteiger charge is 2.13. The molecule has 2 aromatic rings. The van der Waals surface area contributed by atoms with Gasteiger partial charge >= 0.3 is 0 Å². The van der Waals surface area contributed by atoms with Crippen LogP contribution in [0.1, 0.15) is 38.0 Å². The Kier molecular flexibility index (Phi) is 5.06. The van der Waals surface area contributed by atoms with Crippen LogP contribution in [0.5, 0.6) is 5.75 Å². The van der Waals surface area contributed by atoms with E-state index in [0.29, 0.717) is 17.8 Å². The molecule has 22 heavy (non-hydrogen) atoms. The molecule has 1 heterocycles. The molecule has 5 nitrogen and oxygen atoms in total. The van der Waals surface area contributed by atoms with Gasteiger partial charge in [-0.25, -0.2) is 0 Å². The molecule has 1 saturated carbocycles. The van der Waals surface area contributed by atoms with Crippen molar-refractivity contribution < 1.29 is 9.26 Å². The first-order valence-electron chi connectivity index (χ1n) is 8.05. The zero-order valence-electron chi connectivity index (χ0n) is 13.0. The third kappa shape index (κ3) is 3.85. The van der Waals surface area contributed by atoms with E-state index in [1.54, 1.807) is 7.11 Å². The fourth-order valence-corrected chi connectivity index (χ4v) is 2.93. The van der Waals surface area contributed by atoms with Crippen LogP contribution in [0.25, 0.3) is 11.4 Å². The van der Waals surface area contributed by atoms with Gasteiger partial charge in [-0.15, -0.1) is 0 Å². The van der Waals surface area contributed by atoms with E-state index in [1.807, 2.05) is 24.3 Å². The first-order chi connectivity index (χ1) is 10.8. The van der Waals surface area contributed by atoms with Crippen molar-refractivity contribution in [3.05, 3.63) is 30.2 Å². The number of aromatic nitrogens is 2. The number of rotatable bonds is 6. The second-order valence-electron chi connectivity index (χ2n) is 5.78. The summed E-state index contributed by atoms with van der Waals surface area (Å²) in [7, 11) is 1.65. The lowest BCUT2D eigenvalue weighted by Crippen LogP contribution is -2.32. The molecule has 1 aliphatic carbocycles. The molecule has 118 valence electrons. The lowest BCUT2D eigenvalue weighted by molar-refractivity contribution is 0.351. The predicted molar refractivity (Wildman–Crippen MR) is 84.9 cm³/mol. The summed E-state index contributed by atoms with van der Waals surface area (Å²) in [5.74, 6) is 2.09. The normalized spacial score (nSPS) is 15.9. The minimum Gasteiger partial charge on any atom is -0.497 e. The van der Waals surface area contributed by atoms with Crippen molar-refractivity contribution >= 4 is 0 Å². The summed E-state index contributed by atoms with van der Waals surface area (Å²) in [6.07, 6.45) is 7.42. The van der Waals surface area contributed by atoms with E-state index >= 15 is 0 Å². The predicted octanol–water partition coefficient (Wildman–Crippen LogP) is 3.21. The number of hydrogen-bond acceptors (Lipinski definition) is 5. The Hall–Kier alpha value is -1.88. The van der Waals surface area contributed by atoms with Crippen LogP contribution in [0, 0.1) is 0 Å². The second-order valence-corrected chi connectivity index (χ2v) is 5.78. The fraction of sp³-hybridized carbons (Fsp3) is 0.529. The van der Waals surface area contributed by atoms with Crippen molar-refractivity contribution in [1.29, 1.82) is 0 Å². The van der Waals surface area contributed by atoms with Crippen LogP contribution in [0.4, 0.5) is 0 Å². The average molecular weight is 301 g/mol. The molecule has 1 aromatic heterocycles. The minimum atomic E-state index is 0.617. The standard InChI is InChI=1S/C17H23N3O2/c1-21-15-9-5-6-13(12-15)17-19-16(22-20-17)10-11-18-14-7-3-2-4-8-14/h5-6,9,12,14,18H,2-4,7-8,10-11H2,1H3. The summed E-state index contributed by atoms with van der Waals surface area (Å²) in [6.45, 7) is 0.893. The van der Waals surface area contributed by atoms with Gasteiger partial charge in [0.2, 0.25) is 11.7 Å². The Morgan fingerprint density at radius 3 is 2.95 bits per heavy atom. The molecule has 0 amide bonds. The molecule has 1 N–H and O–H groups in total. The van der Waals surface area contributed by atoms with Crippen molar-refractivity contribution in [2.45, 2.75) is 44.6 Å². The first kappa shape index (κ1) is 15.0. The van der Waals surface area contributed by atoms with Crippen molar-refractivity contribution in [1.82, 2.24) is 15.5 Å². The van der Waals surface area contributed by atoms with Gasteiger partial charge in [0.1, 0.15) is 5.75 Å². The minimum absolute atomic E-state index is 0.617. The lowest BCUT2D eigenvalue weighted by Gasteiger charge is -2.22. The Morgan fingerprint density at radius 1 is 1.27 bits per heavy atom. The summed E-state index contributed by atoms with van der Waals surface area (Å²) >= 11 is 0. The third-order valence-corrected chi connectivity index (χ3v) is 4.17. The van der Waals surface area contributed by atoms with Gasteiger partial charge in [-0.2, -0.15) is 4.98 Å². The molecule has 0 radical (unpaired) electrons. The number of nitrogens with zero attached hydrogens (tertiary/aromatic N) is 2. The number of ether oxygens (including phenoxy) is 1. The molecule has 1 aliphatic rings. The zero-order chi connectivity index (χ0) is 15.2. The number of hydrogen-bond donors (Lipinski definition) is 1. The SMILES string of the molecule is COc1cccc(-c2noc(CCNC3CCCCC3)n2)c1. The molecule has 0 aliphatic heterocycles. The maximum absolute atomic E-state index is 5.34. The van der Waals surface area contributed by atoms with Crippen LogP contribution < -0.4 is 10.1 Å². The monoisotopic (exact) mass is 301 g/mol. The highest BCUT2D eigenvalue weighted by molar-refractivity contribution is 5.56. The number of nitrogens with one attached hydrogen (secondary N) is 1. The molecule has 3 rings (SSSR count). The van der Waals surface area contributed by atoms with Crippen molar-refractivity contribution in [2.75, 3.05) is 13.7 Å². The second kappa shape index (κ2) is 7.40. The van der Waals surface area contributed by atoms with E-state index in [9.17, 15) is 0 Å². The molecule has 1 fully saturated rings. The van der Waals surface area contributed by atoms with Crippen molar-refractivity contribution in [2.24, 2.45) is 0 Å². The van der Waals surface area contributed by atoms with Crippen LogP contribution in [0.15, 0.2) is 28.8 Å². The molecule has 0 atom stereocenters. The van der Waals surface area contributed by atoms with E-state index in [4.69, 9.17) is 9.26 Å². The summed E-state index contributed by atoms with van der Waals surface area (Å²) in [5, 5.41) is 7.65. The molecule has 0 saturated heterocycles. The van der Waals surface area contributed by atoms with E-state index in [-0.39, 0.29) is 0 Å². The molecule has 0 unspecified atom stereocenters. The Labute approximate surface area is 131 Å². The number of methoxy groups -OCH3 is 1. The highest BCUT2D eigenvalue weighted by atomic mass is 16.5. The van der Waals surface area contributed by atoms with E-state index < -0.39 is 0 Å². The maximum atomic E-state index is 5.34. The van der Waals surface area contributed by atoms with Gasteiger partial charge in [-0.3, -0.25) is 0 Å². The van der Waals surface area contributed by atoms with E-state index in [1.165, 1.54) is 32.1 Å². The highest BCUT2D eigenvalue weighted by Crippen LogP contribution is 2.21. The van der Waals surface area contributed by atoms with Crippen LogP contribution in [-0.2, 0) is 6.42 Å². The quantitative estimate of drug-likeness (QED) is 0.887. The molecule has 0 bridgehead atoms. The van der Waals surface area contributed by atoms with Gasteiger partial charge in [0.05, 0.1) is 7.11 Å². The van der Waals surface area contributed by atoms with E-state index in [0.717, 1.165) is 24.3 Å². The molecular formula is C17H23N3O2. The Morgan fingerprint density at radius 2 is 2.14 bits per heavy atom. The van der Waals surface area contributed by atoms with Crippen LogP contribution in [0.3, 0.4) is 0 Å². The topological polar surface area (TPSA) is 60.2 Å². The van der Waals surface area contributed by atoms with Crippen LogP contribution >= 0.6 is 0 Å². The van der Waals surface area contributed by atoms with Crippen molar-refractivity contribution in [3.63, 3.8) is 0 Å². The molecular weight excluding hydrogens is 278 g/mol. The van der Waals surface area contributed by atoms with Gasteiger partial charge < -0.3 is 14.6 Å². The number of benzene rings is 1. The molecule has 1 aromatic carbocycles. The smallest absolute Gasteiger partial charge is 0.228 e. The van der Waals surface area contributed by atoms with Gasteiger partial charge in [-0.1, -0.05) is 36.6 Å². The maximum Gasteiger partial charge on any atom is 0.228 e. The van der Waals surface area contributed by atoms with Gasteiger partial charge in [-0.05, 0) is 25.0 Å². The summed E-state index contributed by atoms with van der Waals surface area (Å²) in [5.41, 5.74) is 0.912. The Balaban J connectivity index is 1.54. The summed E-state index contributed by atoms with van der Waals surface area (Å²) in [6, 6.07) is 8.36. The fourth-order valence-electron chi connectivity index (χ4n) is 2.93. The average Bonchev–Trinajstić information content (AvgIpc) is 3.05. The van der Waals surface area contributed by atoms with Gasteiger partial charge in [0, 0.05) is 24.6 Å². The lowest BCUT2D eigenvalue weighted by atomic mass is 9.95. The van der Waals surface area contributed by atoms with Gasteiger partial charge in [0.25, 0.3) is 0 Å². The van der Waals surface area contributed by atoms with Gasteiger partial charge in [0.15, 0.2) is 0 Å². The molecule has 5 heteroatoms. The zero-order valence-corrected chi connectivity index (χ0v) is 13.0. The van der Waals surface area contributed by atoms with Crippen LogP contribution in [0.2, 0.25) is 0 Å². The van der Waals surface area contributed by atoms with Crippen LogP contribution in [-0.4, -0.2) is 29.8 Å². The Bertz CT molecular complexity index is 591. The first-order valence-corrected chi connectivity index (χ1v) is 8.05. The van der Waals surface area contributed by atoms with E-state index in [2.05, 4.69) is 15.5 Å². The third-order valence-electron chi connectivity index (χ3n) is 4.17. The largest absolute Gasteiger partial charge is 0.497 e. The summed E-state index contributed by atoms with van der Waals surface area (Å²) < 4.78 is 10.6. The molecule has 0 spiro atoms. The van der Waals surface area contributed by atoms with Crippen molar-refractivity contribution in [3.8, 4) is 17.1 Å².